The molecule has 2 N–H and O–H groups in total. The molecule has 0 heterocycles. The summed E-state index contributed by atoms with van der Waals surface area (Å²) in [5, 5.41) is 4.66. The van der Waals surface area contributed by atoms with Crippen LogP contribution >= 0.6 is 0 Å². The summed E-state index contributed by atoms with van der Waals surface area (Å²) < 4.78 is 5.20. The van der Waals surface area contributed by atoms with Gasteiger partial charge in [-0.15, -0.1) is 0 Å². The van der Waals surface area contributed by atoms with Gasteiger partial charge in [-0.1, -0.05) is 6.92 Å². The van der Waals surface area contributed by atoms with Crippen LogP contribution in [0.4, 0.5) is 4.79 Å². The summed E-state index contributed by atoms with van der Waals surface area (Å²) in [6.45, 7) is 3.62. The zero-order chi connectivity index (χ0) is 15.0. The molecular formula is C14H18N2O4. The second kappa shape index (κ2) is 7.93. The molecule has 0 atom stereocenters. The molecule has 0 aromatic heterocycles. The Kier molecular flexibility index (Phi) is 6.22. The molecule has 0 saturated heterocycles. The predicted molar refractivity (Wildman–Crippen MR) is 73.8 cm³/mol. The first kappa shape index (κ1) is 15.7. The van der Waals surface area contributed by atoms with Crippen LogP contribution in [0, 0.1) is 0 Å². The Bertz CT molecular complexity index is 482. The maximum atomic E-state index is 11.4. The van der Waals surface area contributed by atoms with Crippen LogP contribution in [-0.4, -0.2) is 30.9 Å². The average molecular weight is 278 g/mol. The highest BCUT2D eigenvalue weighted by molar-refractivity contribution is 5.95. The van der Waals surface area contributed by atoms with Crippen molar-refractivity contribution in [2.24, 2.45) is 0 Å². The van der Waals surface area contributed by atoms with E-state index in [1.807, 2.05) is 6.92 Å². The lowest BCUT2D eigenvalue weighted by Gasteiger charge is -2.07. The van der Waals surface area contributed by atoms with E-state index in [1.165, 1.54) is 6.92 Å². The van der Waals surface area contributed by atoms with Crippen LogP contribution in [0.25, 0.3) is 0 Å². The lowest BCUT2D eigenvalue weighted by Crippen LogP contribution is -2.41. The first-order valence-corrected chi connectivity index (χ1v) is 6.34. The fraction of sp³-hybridized carbons (Fsp3) is 0.357. The van der Waals surface area contributed by atoms with Crippen LogP contribution in [0.3, 0.4) is 0 Å². The SMILES string of the molecule is CCCNC(=O)NC(=O)COc1ccc(C(C)=O)cc1. The highest BCUT2D eigenvalue weighted by atomic mass is 16.5. The highest BCUT2D eigenvalue weighted by Crippen LogP contribution is 2.12. The number of carbonyl (C=O) groups is 3. The zero-order valence-electron chi connectivity index (χ0n) is 11.6. The largest absolute Gasteiger partial charge is 0.484 e. The first-order valence-electron chi connectivity index (χ1n) is 6.34. The number of nitrogens with one attached hydrogen (secondary N) is 2. The molecule has 0 radical (unpaired) electrons. The summed E-state index contributed by atoms with van der Waals surface area (Å²) in [5.74, 6) is -0.116. The number of amides is 3. The molecule has 0 fully saturated rings. The quantitative estimate of drug-likeness (QED) is 0.772. The average Bonchev–Trinajstić information content (AvgIpc) is 2.43. The Morgan fingerprint density at radius 1 is 1.15 bits per heavy atom. The van der Waals surface area contributed by atoms with E-state index in [0.29, 0.717) is 17.9 Å². The van der Waals surface area contributed by atoms with Gasteiger partial charge in [0.1, 0.15) is 5.75 Å². The smallest absolute Gasteiger partial charge is 0.321 e. The maximum Gasteiger partial charge on any atom is 0.321 e. The molecule has 1 rings (SSSR count). The normalized spacial score (nSPS) is 9.70. The van der Waals surface area contributed by atoms with Gasteiger partial charge in [-0.05, 0) is 37.6 Å². The van der Waals surface area contributed by atoms with Gasteiger partial charge >= 0.3 is 6.03 Å². The molecule has 108 valence electrons. The van der Waals surface area contributed by atoms with E-state index in [-0.39, 0.29) is 12.4 Å². The molecule has 1 aromatic rings. The number of hydrogen-bond donors (Lipinski definition) is 2. The number of hydrogen-bond acceptors (Lipinski definition) is 4. The van der Waals surface area contributed by atoms with Crippen LogP contribution in [0.2, 0.25) is 0 Å². The van der Waals surface area contributed by atoms with Gasteiger partial charge in [-0.3, -0.25) is 14.9 Å². The molecule has 1 aromatic carbocycles. The molecule has 0 aliphatic heterocycles. The van der Waals surface area contributed by atoms with Crippen molar-refractivity contribution in [3.8, 4) is 5.75 Å². The van der Waals surface area contributed by atoms with Crippen molar-refractivity contribution in [2.45, 2.75) is 20.3 Å². The monoisotopic (exact) mass is 278 g/mol. The number of Topliss-reactive ketones (excluding diaryl/α,β-unsaturated/α-hetero) is 1. The molecule has 0 saturated carbocycles. The second-order valence-corrected chi connectivity index (χ2v) is 4.17. The van der Waals surface area contributed by atoms with E-state index < -0.39 is 11.9 Å². The summed E-state index contributed by atoms with van der Waals surface area (Å²) in [5.41, 5.74) is 0.570. The van der Waals surface area contributed by atoms with Crippen LogP contribution in [0.15, 0.2) is 24.3 Å². The summed E-state index contributed by atoms with van der Waals surface area (Å²) in [6, 6.07) is 5.89. The van der Waals surface area contributed by atoms with E-state index >= 15 is 0 Å². The van der Waals surface area contributed by atoms with E-state index in [1.54, 1.807) is 24.3 Å². The molecule has 6 nitrogen and oxygen atoms in total. The third-order valence-corrected chi connectivity index (χ3v) is 2.42. The van der Waals surface area contributed by atoms with E-state index in [9.17, 15) is 14.4 Å². The zero-order valence-corrected chi connectivity index (χ0v) is 11.6. The standard InChI is InChI=1S/C14H18N2O4/c1-3-8-15-14(19)16-13(18)9-20-12-6-4-11(5-7-12)10(2)17/h4-7H,3,8-9H2,1-2H3,(H2,15,16,18,19). The van der Waals surface area contributed by atoms with Crippen molar-refractivity contribution in [3.05, 3.63) is 29.8 Å². The third-order valence-electron chi connectivity index (χ3n) is 2.42. The van der Waals surface area contributed by atoms with Crippen molar-refractivity contribution in [1.29, 1.82) is 0 Å². The number of benzene rings is 1. The van der Waals surface area contributed by atoms with Gasteiger partial charge < -0.3 is 10.1 Å². The molecule has 0 aliphatic carbocycles. The highest BCUT2D eigenvalue weighted by Gasteiger charge is 2.07. The number of ketones is 1. The number of imide groups is 1. The summed E-state index contributed by atoms with van der Waals surface area (Å²) >= 11 is 0. The van der Waals surface area contributed by atoms with E-state index in [0.717, 1.165) is 6.42 Å². The molecule has 0 bridgehead atoms. The van der Waals surface area contributed by atoms with E-state index in [2.05, 4.69) is 10.6 Å². The van der Waals surface area contributed by atoms with Gasteiger partial charge in [0.05, 0.1) is 0 Å². The summed E-state index contributed by atoms with van der Waals surface area (Å²) in [4.78, 5) is 33.7. The van der Waals surface area contributed by atoms with Crippen LogP contribution < -0.4 is 15.4 Å². The van der Waals surface area contributed by atoms with Gasteiger partial charge in [0.25, 0.3) is 5.91 Å². The lowest BCUT2D eigenvalue weighted by atomic mass is 10.1. The van der Waals surface area contributed by atoms with Crippen molar-refractivity contribution >= 4 is 17.7 Å². The molecule has 3 amide bonds. The molecular weight excluding hydrogens is 260 g/mol. The number of ether oxygens (including phenoxy) is 1. The van der Waals surface area contributed by atoms with Crippen LogP contribution in [0.1, 0.15) is 30.6 Å². The van der Waals surface area contributed by atoms with Gasteiger partial charge in [0, 0.05) is 12.1 Å². The molecule has 0 unspecified atom stereocenters. The minimum Gasteiger partial charge on any atom is -0.484 e. The molecule has 6 heteroatoms. The number of carbonyl (C=O) groups excluding carboxylic acids is 3. The van der Waals surface area contributed by atoms with Gasteiger partial charge in [-0.2, -0.15) is 0 Å². The number of rotatable bonds is 6. The Labute approximate surface area is 117 Å². The molecule has 20 heavy (non-hydrogen) atoms. The van der Waals surface area contributed by atoms with Gasteiger partial charge in [0.2, 0.25) is 0 Å². The maximum absolute atomic E-state index is 11.4. The third kappa shape index (κ3) is 5.51. The topological polar surface area (TPSA) is 84.5 Å². The minimum absolute atomic E-state index is 0.0399. The van der Waals surface area contributed by atoms with Crippen molar-refractivity contribution in [3.63, 3.8) is 0 Å². The Balaban J connectivity index is 2.37. The minimum atomic E-state index is -0.535. The molecule has 0 spiro atoms. The van der Waals surface area contributed by atoms with Crippen molar-refractivity contribution < 1.29 is 19.1 Å². The van der Waals surface area contributed by atoms with Crippen LogP contribution in [-0.2, 0) is 4.79 Å². The molecule has 0 aliphatic rings. The second-order valence-electron chi connectivity index (χ2n) is 4.17. The Morgan fingerprint density at radius 2 is 1.80 bits per heavy atom. The van der Waals surface area contributed by atoms with Crippen LogP contribution in [0.5, 0.6) is 5.75 Å². The summed E-state index contributed by atoms with van der Waals surface area (Å²) in [7, 11) is 0. The Hall–Kier alpha value is -2.37. The number of urea groups is 1. The van der Waals surface area contributed by atoms with Crippen molar-refractivity contribution in [2.75, 3.05) is 13.2 Å². The summed E-state index contributed by atoms with van der Waals surface area (Å²) in [6.07, 6.45) is 0.792. The predicted octanol–water partition coefficient (Wildman–Crippen LogP) is 1.50. The van der Waals surface area contributed by atoms with Crippen molar-refractivity contribution in [1.82, 2.24) is 10.6 Å². The Morgan fingerprint density at radius 3 is 2.35 bits per heavy atom. The van der Waals surface area contributed by atoms with E-state index in [4.69, 9.17) is 4.74 Å². The fourth-order valence-electron chi connectivity index (χ4n) is 1.38. The van der Waals surface area contributed by atoms with Gasteiger partial charge in [-0.25, -0.2) is 4.79 Å². The fourth-order valence-corrected chi connectivity index (χ4v) is 1.38. The lowest BCUT2D eigenvalue weighted by molar-refractivity contribution is -0.122. The first-order chi connectivity index (χ1) is 9.52. The van der Waals surface area contributed by atoms with Gasteiger partial charge in [0.15, 0.2) is 12.4 Å².